The van der Waals surface area contributed by atoms with Gasteiger partial charge in [-0.25, -0.2) is 33.1 Å². The van der Waals surface area contributed by atoms with E-state index in [1.165, 1.54) is 48.8 Å². The Balaban J connectivity index is 0.000000157. The molecule has 8 amide bonds. The Morgan fingerprint density at radius 1 is 0.305 bits per heavy atom. The first-order chi connectivity index (χ1) is 62.4. The van der Waals surface area contributed by atoms with Crippen molar-refractivity contribution >= 4 is 172 Å². The number of amides is 8. The van der Waals surface area contributed by atoms with Crippen LogP contribution < -0.4 is 42.5 Å². The number of likely N-dealkylation sites (N-methyl/N-ethyl adjacent to an activating group) is 4. The number of carbonyl (C=O) groups is 8. The van der Waals surface area contributed by atoms with Crippen LogP contribution in [0.15, 0.2) is 260 Å². The second-order valence-electron chi connectivity index (χ2n) is 29.9. The number of benzene rings is 8. The predicted molar refractivity (Wildman–Crippen MR) is 514 cm³/mol. The SMILES string of the molecule is C.CN1CCN=C1c1ccc(C(=O)Nc2ccccc2C(=O)Nc2ccc(Br)cn2)c(F)c1.Cc1ccc(NC(=O)c2ccc(C3=NCCN3C)cc2)c(C(=O)Nc2ccc(Cl)cn2)c1.Cc1ccc(NC(=O)c2ccc(C3=NCCN3C)cc2F)c(C(=O)Nc2ccc(Br)cn2)c1.Cc1ccc(NC(=O)c2ccc(C3=NCCN3C)cc2F)c(C(=O)Nc2ccc(Cl)cn2)c1. The van der Waals surface area contributed by atoms with E-state index in [1.807, 2.05) is 81.9 Å². The normalized spacial score (nSPS) is 12.9. The number of amidine groups is 4. The molecule has 8 heterocycles. The second kappa shape index (κ2) is 43.9. The molecule has 8 N–H and O–H groups in total. The number of aryl methyl sites for hydroxylation is 3. The minimum atomic E-state index is -0.670. The summed E-state index contributed by atoms with van der Waals surface area (Å²) in [5.41, 5.74) is 7.67. The zero-order valence-corrected chi connectivity index (χ0v) is 75.6. The van der Waals surface area contributed by atoms with E-state index in [1.54, 1.807) is 164 Å². The van der Waals surface area contributed by atoms with Crippen molar-refractivity contribution in [2.75, 3.05) is 123 Å². The molecule has 35 heteroatoms. The molecule has 4 aliphatic heterocycles. The van der Waals surface area contributed by atoms with Crippen LogP contribution in [0.1, 0.15) is 129 Å². The van der Waals surface area contributed by atoms with E-state index in [4.69, 9.17) is 23.2 Å². The molecule has 16 rings (SSSR count). The molecular formula is C96H87Br2Cl2F3N20O8. The summed E-state index contributed by atoms with van der Waals surface area (Å²) >= 11 is 18.3. The van der Waals surface area contributed by atoms with Crippen LogP contribution in [0.5, 0.6) is 0 Å². The van der Waals surface area contributed by atoms with E-state index in [9.17, 15) is 51.5 Å². The number of anilines is 8. The number of aliphatic imine (C=N–C) groups is 4. The maximum absolute atomic E-state index is 14.8. The van der Waals surface area contributed by atoms with Crippen molar-refractivity contribution in [1.82, 2.24) is 39.5 Å². The quantitative estimate of drug-likeness (QED) is 0.0351. The first kappa shape index (κ1) is 95.4. The van der Waals surface area contributed by atoms with Gasteiger partial charge in [0.15, 0.2) is 0 Å². The summed E-state index contributed by atoms with van der Waals surface area (Å²) in [5, 5.41) is 22.5. The van der Waals surface area contributed by atoms with Gasteiger partial charge in [0.2, 0.25) is 0 Å². The Bertz CT molecular complexity index is 6280. The molecule has 0 unspecified atom stereocenters. The number of aromatic nitrogens is 4. The monoisotopic (exact) mass is 1930 g/mol. The molecule has 0 aliphatic carbocycles. The number of hydrogen-bond acceptors (Lipinski definition) is 20. The van der Waals surface area contributed by atoms with Gasteiger partial charge in [0.05, 0.1) is 97.9 Å². The summed E-state index contributed by atoms with van der Waals surface area (Å²) in [6.07, 6.45) is 5.99. The lowest BCUT2D eigenvalue weighted by molar-refractivity contribution is 0.100. The number of para-hydroxylation sites is 1. The minimum Gasteiger partial charge on any atom is -0.358 e. The molecule has 0 saturated carbocycles. The standard InChI is InChI=1S/C24H21BrFN5O2.C24H21ClFN5O2.C24H22ClN5O2.C23H19BrFN5O2.CH4/c2*1-14-3-7-20(18(11-14)24(33)30-21-8-5-16(25)13-28-21)29-23(32)17-6-4-15(12-19(17)26)22-27-9-10-31(22)2;1-15-3-9-20(19(13-15)24(32)29-21-10-8-18(25)14-27-21)28-23(31)17-6-4-16(5-7-17)22-26-11-12-30(22)2;1-30-11-10-26-21(30)14-6-8-16(18(25)12-14)22(31)28-19-5-3-2-4-17(19)23(32)29-20-9-7-15(24)13-27-20;/h2*3-8,11-13H,9-10H2,1-2H3,(H,29,32)(H,28,30,33);3-10,13-14H,11-12H2,1-2H3,(H,28,31)(H,27,29,32);2-9,12-13H,10-11H2,1H3,(H,28,31)(H,27,29,32);1H4. The number of pyridine rings is 4. The molecule has 4 aliphatic rings. The van der Waals surface area contributed by atoms with Crippen molar-refractivity contribution in [2.45, 2.75) is 28.2 Å². The average molecular weight is 1940 g/mol. The van der Waals surface area contributed by atoms with Crippen LogP contribution in [0.3, 0.4) is 0 Å². The molecule has 0 bridgehead atoms. The number of halogens is 7. The molecule has 12 aromatic rings. The van der Waals surface area contributed by atoms with Gasteiger partial charge in [-0.2, -0.15) is 0 Å². The van der Waals surface area contributed by atoms with Gasteiger partial charge >= 0.3 is 0 Å². The predicted octanol–water partition coefficient (Wildman–Crippen LogP) is 17.9. The molecule has 28 nitrogen and oxygen atoms in total. The Kier molecular flexibility index (Phi) is 32.0. The molecule has 4 aromatic heterocycles. The van der Waals surface area contributed by atoms with Crippen molar-refractivity contribution in [3.05, 3.63) is 351 Å². The van der Waals surface area contributed by atoms with Crippen LogP contribution in [-0.4, -0.2) is 191 Å². The highest BCUT2D eigenvalue weighted by Crippen LogP contribution is 2.29. The van der Waals surface area contributed by atoms with Gasteiger partial charge in [0, 0.05) is 116 Å². The van der Waals surface area contributed by atoms with Gasteiger partial charge in [0.1, 0.15) is 64.1 Å². The van der Waals surface area contributed by atoms with Gasteiger partial charge in [-0.3, -0.25) is 58.3 Å². The number of rotatable bonds is 20. The Morgan fingerprint density at radius 3 is 0.885 bits per heavy atom. The maximum atomic E-state index is 14.8. The third kappa shape index (κ3) is 24.8. The Labute approximate surface area is 779 Å². The summed E-state index contributed by atoms with van der Waals surface area (Å²) < 4.78 is 45.9. The zero-order chi connectivity index (χ0) is 92.4. The molecule has 0 saturated heterocycles. The molecule has 0 radical (unpaired) electrons. The van der Waals surface area contributed by atoms with Gasteiger partial charge in [-0.15, -0.1) is 0 Å². The van der Waals surface area contributed by atoms with Gasteiger partial charge in [-0.05, 0) is 198 Å². The van der Waals surface area contributed by atoms with Crippen molar-refractivity contribution in [3.63, 3.8) is 0 Å². The fraction of sp³-hybridized carbons (Fsp3) is 0.167. The first-order valence-electron chi connectivity index (χ1n) is 40.4. The molecule has 668 valence electrons. The Morgan fingerprint density at radius 2 is 0.588 bits per heavy atom. The third-order valence-electron chi connectivity index (χ3n) is 20.4. The number of carbonyl (C=O) groups excluding carboxylic acids is 8. The van der Waals surface area contributed by atoms with Crippen molar-refractivity contribution < 1.29 is 51.5 Å². The fourth-order valence-corrected chi connectivity index (χ4v) is 14.3. The van der Waals surface area contributed by atoms with Crippen LogP contribution in [0.2, 0.25) is 10.0 Å². The summed E-state index contributed by atoms with van der Waals surface area (Å²) in [5.74, 6) is -1.61. The van der Waals surface area contributed by atoms with Gasteiger partial charge < -0.3 is 62.1 Å². The van der Waals surface area contributed by atoms with Gasteiger partial charge in [0.25, 0.3) is 47.3 Å². The van der Waals surface area contributed by atoms with Crippen LogP contribution in [0.4, 0.5) is 59.2 Å². The Hall–Kier alpha value is -14.7. The lowest BCUT2D eigenvalue weighted by Gasteiger charge is -2.15. The maximum Gasteiger partial charge on any atom is 0.258 e. The molecule has 0 atom stereocenters. The van der Waals surface area contributed by atoms with Crippen molar-refractivity contribution in [2.24, 2.45) is 20.0 Å². The van der Waals surface area contributed by atoms with Crippen molar-refractivity contribution in [3.8, 4) is 0 Å². The number of nitrogens with zero attached hydrogens (tertiary/aromatic N) is 12. The topological polar surface area (TPSA) is 347 Å². The number of hydrogen-bond donors (Lipinski definition) is 8. The fourth-order valence-electron chi connectivity index (χ4n) is 13.6. The minimum absolute atomic E-state index is 0. The highest BCUT2D eigenvalue weighted by Gasteiger charge is 2.27. The lowest BCUT2D eigenvalue weighted by atomic mass is 10.1. The zero-order valence-electron chi connectivity index (χ0n) is 70.9. The highest BCUT2D eigenvalue weighted by molar-refractivity contribution is 9.10. The second-order valence-corrected chi connectivity index (χ2v) is 32.6. The number of nitrogens with one attached hydrogen (secondary N) is 8. The summed E-state index contributed by atoms with van der Waals surface area (Å²) in [7, 11) is 7.65. The van der Waals surface area contributed by atoms with E-state index >= 15 is 0 Å². The van der Waals surface area contributed by atoms with Crippen LogP contribution in [-0.2, 0) is 0 Å². The van der Waals surface area contributed by atoms with Gasteiger partial charge in [-0.1, -0.05) is 108 Å². The molecule has 131 heavy (non-hydrogen) atoms. The third-order valence-corrected chi connectivity index (χ3v) is 21.7. The largest absolute Gasteiger partial charge is 0.358 e. The van der Waals surface area contributed by atoms with Crippen LogP contribution in [0.25, 0.3) is 0 Å². The average Bonchev–Trinajstić information content (AvgIpc) is 1.82. The van der Waals surface area contributed by atoms with E-state index < -0.39 is 52.9 Å². The molecule has 8 aromatic carbocycles. The highest BCUT2D eigenvalue weighted by atomic mass is 79.9. The molecule has 0 spiro atoms. The van der Waals surface area contributed by atoms with E-state index in [-0.39, 0.29) is 69.7 Å². The first-order valence-corrected chi connectivity index (χ1v) is 42.7. The molecule has 0 fully saturated rings. The van der Waals surface area contributed by atoms with E-state index in [0.717, 1.165) is 69.8 Å². The summed E-state index contributed by atoms with van der Waals surface area (Å²) in [6, 6.07) is 55.4. The van der Waals surface area contributed by atoms with Crippen molar-refractivity contribution in [1.29, 1.82) is 0 Å². The van der Waals surface area contributed by atoms with Crippen LogP contribution >= 0.6 is 55.1 Å². The smallest absolute Gasteiger partial charge is 0.258 e. The van der Waals surface area contributed by atoms with Crippen LogP contribution in [0, 0.1) is 38.2 Å². The summed E-state index contributed by atoms with van der Waals surface area (Å²) in [6.45, 7) is 11.5. The summed E-state index contributed by atoms with van der Waals surface area (Å²) in [4.78, 5) is 144. The lowest BCUT2D eigenvalue weighted by Crippen LogP contribution is -2.24. The van der Waals surface area contributed by atoms with E-state index in [0.29, 0.717) is 104 Å². The van der Waals surface area contributed by atoms with E-state index in [2.05, 4.69) is 119 Å². The molecular weight excluding hydrogens is 1850 g/mol.